The minimum Gasteiger partial charge on any atom is -0.361 e. The van der Waals surface area contributed by atoms with E-state index in [2.05, 4.69) is 21.6 Å². The Morgan fingerprint density at radius 2 is 2.25 bits per heavy atom. The van der Waals surface area contributed by atoms with Crippen LogP contribution in [-0.4, -0.2) is 37.4 Å². The first kappa shape index (κ1) is 11.3. The lowest BCUT2D eigenvalue weighted by atomic mass is 9.95. The Labute approximate surface area is 97.1 Å². The molecular weight excluding hydrogens is 200 g/mol. The van der Waals surface area contributed by atoms with Crippen molar-refractivity contribution in [2.75, 3.05) is 32.1 Å². The smallest absolute Gasteiger partial charge is 0.150 e. The van der Waals surface area contributed by atoms with Crippen molar-refractivity contribution in [3.8, 4) is 0 Å². The number of nitrogens with one attached hydrogen (secondary N) is 1. The molecule has 4 heteroatoms. The number of anilines is 1. The van der Waals surface area contributed by atoms with Crippen molar-refractivity contribution in [3.05, 3.63) is 17.8 Å². The van der Waals surface area contributed by atoms with E-state index in [9.17, 15) is 0 Å². The standard InChI is InChI=1S/C12H20N4/c1-16(2)12-6-5-11(14-15-12)8-10-4-3-7-13-9-10/h5-6,10,13H,3-4,7-9H2,1-2H3. The third kappa shape index (κ3) is 2.92. The number of nitrogens with zero attached hydrogens (tertiary/aromatic N) is 3. The molecule has 1 aliphatic rings. The quantitative estimate of drug-likeness (QED) is 0.827. The summed E-state index contributed by atoms with van der Waals surface area (Å²) in [5, 5.41) is 11.9. The van der Waals surface area contributed by atoms with Crippen molar-refractivity contribution in [2.45, 2.75) is 19.3 Å². The van der Waals surface area contributed by atoms with E-state index in [0.717, 1.165) is 30.4 Å². The normalized spacial score (nSPS) is 20.8. The predicted molar refractivity (Wildman–Crippen MR) is 65.7 cm³/mol. The van der Waals surface area contributed by atoms with Gasteiger partial charge in [-0.05, 0) is 50.4 Å². The highest BCUT2D eigenvalue weighted by molar-refractivity contribution is 5.34. The molecule has 1 aliphatic heterocycles. The summed E-state index contributed by atoms with van der Waals surface area (Å²) in [4.78, 5) is 1.97. The summed E-state index contributed by atoms with van der Waals surface area (Å²) in [7, 11) is 3.96. The van der Waals surface area contributed by atoms with E-state index in [0.29, 0.717) is 0 Å². The Morgan fingerprint density at radius 1 is 1.38 bits per heavy atom. The Morgan fingerprint density at radius 3 is 2.81 bits per heavy atom. The maximum Gasteiger partial charge on any atom is 0.150 e. The zero-order valence-corrected chi connectivity index (χ0v) is 10.1. The van der Waals surface area contributed by atoms with Crippen LogP contribution in [0.4, 0.5) is 5.82 Å². The van der Waals surface area contributed by atoms with Crippen LogP contribution in [0.5, 0.6) is 0 Å². The van der Waals surface area contributed by atoms with Crippen molar-refractivity contribution in [1.29, 1.82) is 0 Å². The minimum absolute atomic E-state index is 0.730. The first-order valence-corrected chi connectivity index (χ1v) is 5.96. The van der Waals surface area contributed by atoms with Crippen molar-refractivity contribution >= 4 is 5.82 Å². The maximum absolute atomic E-state index is 4.27. The highest BCUT2D eigenvalue weighted by Crippen LogP contribution is 2.15. The van der Waals surface area contributed by atoms with Gasteiger partial charge in [-0.2, -0.15) is 5.10 Å². The van der Waals surface area contributed by atoms with E-state index in [1.807, 2.05) is 25.1 Å². The van der Waals surface area contributed by atoms with Crippen LogP contribution in [0.3, 0.4) is 0 Å². The summed E-state index contributed by atoms with van der Waals surface area (Å²) in [6.45, 7) is 2.29. The van der Waals surface area contributed by atoms with E-state index < -0.39 is 0 Å². The Hall–Kier alpha value is -1.16. The van der Waals surface area contributed by atoms with Gasteiger partial charge >= 0.3 is 0 Å². The van der Waals surface area contributed by atoms with Gasteiger partial charge in [0, 0.05) is 14.1 Å². The highest BCUT2D eigenvalue weighted by Gasteiger charge is 2.14. The molecule has 0 amide bonds. The van der Waals surface area contributed by atoms with E-state index in [-0.39, 0.29) is 0 Å². The summed E-state index contributed by atoms with van der Waals surface area (Å²) < 4.78 is 0. The molecule has 0 radical (unpaired) electrons. The fourth-order valence-electron chi connectivity index (χ4n) is 2.09. The van der Waals surface area contributed by atoms with Crippen LogP contribution in [0.1, 0.15) is 18.5 Å². The van der Waals surface area contributed by atoms with Crippen LogP contribution in [-0.2, 0) is 6.42 Å². The zero-order chi connectivity index (χ0) is 11.4. The fraction of sp³-hybridized carbons (Fsp3) is 0.667. The van der Waals surface area contributed by atoms with Crippen LogP contribution in [0.2, 0.25) is 0 Å². The molecule has 1 N–H and O–H groups in total. The molecule has 0 spiro atoms. The number of piperidine rings is 1. The summed E-state index contributed by atoms with van der Waals surface area (Å²) in [6, 6.07) is 4.13. The molecule has 1 aromatic rings. The molecule has 0 bridgehead atoms. The molecule has 88 valence electrons. The lowest BCUT2D eigenvalue weighted by Crippen LogP contribution is -2.31. The SMILES string of the molecule is CN(C)c1ccc(CC2CCCNC2)nn1. The van der Waals surface area contributed by atoms with Crippen LogP contribution in [0.25, 0.3) is 0 Å². The summed E-state index contributed by atoms with van der Waals surface area (Å²) >= 11 is 0. The fourth-order valence-corrected chi connectivity index (χ4v) is 2.09. The first-order chi connectivity index (χ1) is 7.75. The topological polar surface area (TPSA) is 41.0 Å². The maximum atomic E-state index is 4.27. The molecular formula is C12H20N4. The monoisotopic (exact) mass is 220 g/mol. The van der Waals surface area contributed by atoms with Gasteiger partial charge in [0.1, 0.15) is 0 Å². The Bertz CT molecular complexity index is 314. The molecule has 1 atom stereocenters. The number of rotatable bonds is 3. The second-order valence-electron chi connectivity index (χ2n) is 4.69. The average molecular weight is 220 g/mol. The van der Waals surface area contributed by atoms with Gasteiger partial charge in [0.15, 0.2) is 5.82 Å². The lowest BCUT2D eigenvalue weighted by molar-refractivity contribution is 0.373. The van der Waals surface area contributed by atoms with Gasteiger partial charge in [0.2, 0.25) is 0 Å². The number of aromatic nitrogens is 2. The number of hydrogen-bond donors (Lipinski definition) is 1. The van der Waals surface area contributed by atoms with E-state index >= 15 is 0 Å². The summed E-state index contributed by atoms with van der Waals surface area (Å²) in [6.07, 6.45) is 3.64. The van der Waals surface area contributed by atoms with Crippen LogP contribution < -0.4 is 10.2 Å². The largest absolute Gasteiger partial charge is 0.361 e. The van der Waals surface area contributed by atoms with Gasteiger partial charge in [-0.25, -0.2) is 0 Å². The van der Waals surface area contributed by atoms with Crippen LogP contribution in [0.15, 0.2) is 12.1 Å². The molecule has 0 aromatic carbocycles. The van der Waals surface area contributed by atoms with Gasteiger partial charge < -0.3 is 10.2 Å². The first-order valence-electron chi connectivity index (χ1n) is 5.96. The highest BCUT2D eigenvalue weighted by atomic mass is 15.2. The minimum atomic E-state index is 0.730. The second-order valence-corrected chi connectivity index (χ2v) is 4.69. The molecule has 2 rings (SSSR count). The van der Waals surface area contributed by atoms with Crippen molar-refractivity contribution in [3.63, 3.8) is 0 Å². The lowest BCUT2D eigenvalue weighted by Gasteiger charge is -2.22. The molecule has 0 saturated carbocycles. The van der Waals surface area contributed by atoms with Crippen molar-refractivity contribution < 1.29 is 0 Å². The summed E-state index contributed by atoms with van der Waals surface area (Å²) in [5.41, 5.74) is 1.11. The molecule has 0 aliphatic carbocycles. The van der Waals surface area contributed by atoms with E-state index in [4.69, 9.17) is 0 Å². The van der Waals surface area contributed by atoms with Crippen LogP contribution in [0, 0.1) is 5.92 Å². The molecule has 16 heavy (non-hydrogen) atoms. The van der Waals surface area contributed by atoms with Crippen molar-refractivity contribution in [1.82, 2.24) is 15.5 Å². The van der Waals surface area contributed by atoms with Gasteiger partial charge in [0.05, 0.1) is 5.69 Å². The van der Waals surface area contributed by atoms with Gasteiger partial charge in [-0.15, -0.1) is 5.10 Å². The Kier molecular flexibility index (Phi) is 3.72. The van der Waals surface area contributed by atoms with Gasteiger partial charge in [-0.1, -0.05) is 0 Å². The molecule has 1 aromatic heterocycles. The predicted octanol–water partition coefficient (Wildman–Crippen LogP) is 1.08. The van der Waals surface area contributed by atoms with Crippen molar-refractivity contribution in [2.24, 2.45) is 5.92 Å². The Balaban J connectivity index is 1.93. The molecule has 1 unspecified atom stereocenters. The third-order valence-electron chi connectivity index (χ3n) is 3.06. The molecule has 1 saturated heterocycles. The zero-order valence-electron chi connectivity index (χ0n) is 10.1. The van der Waals surface area contributed by atoms with E-state index in [1.165, 1.54) is 19.4 Å². The molecule has 2 heterocycles. The molecule has 1 fully saturated rings. The van der Waals surface area contributed by atoms with Gasteiger partial charge in [-0.3, -0.25) is 0 Å². The third-order valence-corrected chi connectivity index (χ3v) is 3.06. The molecule has 4 nitrogen and oxygen atoms in total. The van der Waals surface area contributed by atoms with E-state index in [1.54, 1.807) is 0 Å². The number of hydrogen-bond acceptors (Lipinski definition) is 4. The average Bonchev–Trinajstić information content (AvgIpc) is 2.31. The second kappa shape index (κ2) is 5.25. The van der Waals surface area contributed by atoms with Gasteiger partial charge in [0.25, 0.3) is 0 Å². The summed E-state index contributed by atoms with van der Waals surface area (Å²) in [5.74, 6) is 1.65. The van der Waals surface area contributed by atoms with Crippen LogP contribution >= 0.6 is 0 Å².